The summed E-state index contributed by atoms with van der Waals surface area (Å²) in [5, 5.41) is 0. The van der Waals surface area contributed by atoms with Gasteiger partial charge in [-0.2, -0.15) is 4.39 Å². The molecule has 0 radical (unpaired) electrons. The molecule has 1 aromatic carbocycles. The van der Waals surface area contributed by atoms with Gasteiger partial charge in [0, 0.05) is 0 Å². The van der Waals surface area contributed by atoms with E-state index in [-0.39, 0.29) is 17.8 Å². The monoisotopic (exact) mass is 406 g/mol. The number of unbranched alkanes of at least 4 members (excludes halogenated alkanes) is 1. The van der Waals surface area contributed by atoms with Crippen molar-refractivity contribution in [3.63, 3.8) is 0 Å². The van der Waals surface area contributed by atoms with Crippen molar-refractivity contribution in [3.8, 4) is 5.75 Å². The molecule has 0 N–H and O–H groups in total. The third-order valence-electron chi connectivity index (χ3n) is 6.64. The highest BCUT2D eigenvalue weighted by molar-refractivity contribution is 5.33. The number of hydrogen-bond donors (Lipinski definition) is 0. The van der Waals surface area contributed by atoms with Gasteiger partial charge < -0.3 is 9.47 Å². The largest absolute Gasteiger partial charge is 0.490 e. The Morgan fingerprint density at radius 3 is 2.41 bits per heavy atom. The zero-order valence-electron chi connectivity index (χ0n) is 18.0. The predicted octanol–water partition coefficient (Wildman–Crippen LogP) is 7.18. The third kappa shape index (κ3) is 5.81. The lowest BCUT2D eigenvalue weighted by Crippen LogP contribution is -2.31. The second-order valence-corrected chi connectivity index (χ2v) is 8.64. The molecule has 1 aromatic rings. The van der Waals surface area contributed by atoms with Crippen molar-refractivity contribution < 1.29 is 18.3 Å². The molecule has 1 aliphatic carbocycles. The maximum Gasteiger partial charge on any atom is 0.200 e. The summed E-state index contributed by atoms with van der Waals surface area (Å²) in [5.74, 6) is -0.138. The van der Waals surface area contributed by atoms with E-state index in [2.05, 4.69) is 19.1 Å². The topological polar surface area (TPSA) is 18.5 Å². The lowest BCUT2D eigenvalue weighted by molar-refractivity contribution is -0.0150. The maximum absolute atomic E-state index is 14.7. The van der Waals surface area contributed by atoms with Crippen molar-refractivity contribution in [1.82, 2.24) is 0 Å². The molecule has 2 aliphatic rings. The second kappa shape index (κ2) is 11.1. The van der Waals surface area contributed by atoms with Crippen LogP contribution in [-0.4, -0.2) is 19.3 Å². The van der Waals surface area contributed by atoms with Gasteiger partial charge in [-0.25, -0.2) is 4.39 Å². The molecule has 4 heteroatoms. The molecular formula is C25H36F2O2. The van der Waals surface area contributed by atoms with E-state index in [0.29, 0.717) is 24.0 Å². The van der Waals surface area contributed by atoms with Gasteiger partial charge in [0.1, 0.15) is 0 Å². The smallest absolute Gasteiger partial charge is 0.200 e. The molecule has 1 heterocycles. The van der Waals surface area contributed by atoms with Gasteiger partial charge in [-0.05, 0) is 80.8 Å². The van der Waals surface area contributed by atoms with Crippen LogP contribution in [0.5, 0.6) is 5.75 Å². The van der Waals surface area contributed by atoms with Gasteiger partial charge in [-0.1, -0.05) is 38.5 Å². The molecule has 162 valence electrons. The molecule has 2 unspecified atom stereocenters. The molecule has 1 aliphatic heterocycles. The van der Waals surface area contributed by atoms with Gasteiger partial charge >= 0.3 is 0 Å². The second-order valence-electron chi connectivity index (χ2n) is 8.64. The maximum atomic E-state index is 14.7. The Labute approximate surface area is 174 Å². The normalized spacial score (nSPS) is 28.0. The molecule has 2 fully saturated rings. The van der Waals surface area contributed by atoms with E-state index in [0.717, 1.165) is 58.0 Å². The van der Waals surface area contributed by atoms with Crippen molar-refractivity contribution in [2.75, 3.05) is 13.2 Å². The Hall–Kier alpha value is -1.42. The first-order valence-corrected chi connectivity index (χ1v) is 11.5. The molecule has 1 saturated carbocycles. The van der Waals surface area contributed by atoms with Gasteiger partial charge in [0.2, 0.25) is 5.82 Å². The van der Waals surface area contributed by atoms with Gasteiger partial charge in [-0.3, -0.25) is 0 Å². The molecular weight excluding hydrogens is 370 g/mol. The molecule has 0 spiro atoms. The Morgan fingerprint density at radius 2 is 1.76 bits per heavy atom. The first-order chi connectivity index (χ1) is 14.1. The average Bonchev–Trinajstić information content (AvgIpc) is 2.76. The molecule has 2 nitrogen and oxygen atoms in total. The number of halogens is 2. The number of ether oxygens (including phenoxy) is 2. The fraction of sp³-hybridized carbons (Fsp3) is 0.680. The van der Waals surface area contributed by atoms with Crippen LogP contribution in [0, 0.1) is 23.5 Å². The quantitative estimate of drug-likeness (QED) is 0.336. The van der Waals surface area contributed by atoms with Crippen molar-refractivity contribution in [1.29, 1.82) is 0 Å². The van der Waals surface area contributed by atoms with E-state index in [1.165, 1.54) is 6.42 Å². The van der Waals surface area contributed by atoms with Crippen LogP contribution in [0.25, 0.3) is 0 Å². The summed E-state index contributed by atoms with van der Waals surface area (Å²) in [4.78, 5) is 0. The zero-order valence-corrected chi connectivity index (χ0v) is 18.0. The Kier molecular flexibility index (Phi) is 8.53. The molecule has 2 atom stereocenters. The van der Waals surface area contributed by atoms with Crippen LogP contribution in [0.3, 0.4) is 0 Å². The van der Waals surface area contributed by atoms with Gasteiger partial charge in [0.25, 0.3) is 0 Å². The number of hydrogen-bond acceptors (Lipinski definition) is 2. The Balaban J connectivity index is 1.52. The zero-order chi connectivity index (χ0) is 20.6. The summed E-state index contributed by atoms with van der Waals surface area (Å²) in [6.45, 7) is 5.44. The minimum absolute atomic E-state index is 0.0411. The Bertz CT molecular complexity index is 657. The molecule has 1 saturated heterocycles. The van der Waals surface area contributed by atoms with Crippen LogP contribution in [-0.2, 0) is 4.74 Å². The highest BCUT2D eigenvalue weighted by Crippen LogP contribution is 2.42. The lowest BCUT2D eigenvalue weighted by atomic mass is 9.72. The minimum Gasteiger partial charge on any atom is -0.490 e. The van der Waals surface area contributed by atoms with E-state index in [4.69, 9.17) is 9.47 Å². The van der Waals surface area contributed by atoms with Gasteiger partial charge in [-0.15, -0.1) is 0 Å². The van der Waals surface area contributed by atoms with Crippen molar-refractivity contribution in [2.45, 2.75) is 83.7 Å². The molecule has 29 heavy (non-hydrogen) atoms. The van der Waals surface area contributed by atoms with Crippen LogP contribution < -0.4 is 4.74 Å². The lowest BCUT2D eigenvalue weighted by Gasteiger charge is -2.37. The SMILES string of the molecule is CCC=CC1CCC(C2CCC(c3ccc(OCCCC)c(F)c3F)CC2)CO1. The highest BCUT2D eigenvalue weighted by Gasteiger charge is 2.32. The minimum atomic E-state index is -0.826. The number of benzene rings is 1. The van der Waals surface area contributed by atoms with E-state index in [1.807, 2.05) is 6.92 Å². The van der Waals surface area contributed by atoms with Crippen LogP contribution in [0.4, 0.5) is 8.78 Å². The first-order valence-electron chi connectivity index (χ1n) is 11.5. The molecule has 0 aromatic heterocycles. The van der Waals surface area contributed by atoms with Crippen molar-refractivity contribution in [2.24, 2.45) is 11.8 Å². The molecule has 0 bridgehead atoms. The highest BCUT2D eigenvalue weighted by atomic mass is 19.2. The summed E-state index contributed by atoms with van der Waals surface area (Å²) in [6.07, 6.45) is 13.8. The van der Waals surface area contributed by atoms with E-state index < -0.39 is 11.6 Å². The predicted molar refractivity (Wildman–Crippen MR) is 113 cm³/mol. The van der Waals surface area contributed by atoms with Crippen LogP contribution >= 0.6 is 0 Å². The standard InChI is InChI=1S/C25H36F2O2/c1-3-5-7-21-13-12-20(17-29-21)18-8-10-19(11-9-18)22-14-15-23(25(27)24(22)26)28-16-6-4-2/h5,7,14-15,18-21H,3-4,6,8-13,16-17H2,1-2H3. The van der Waals surface area contributed by atoms with Crippen molar-refractivity contribution in [3.05, 3.63) is 41.5 Å². The first kappa shape index (κ1) is 22.3. The van der Waals surface area contributed by atoms with E-state index >= 15 is 0 Å². The summed E-state index contributed by atoms with van der Waals surface area (Å²) < 4.78 is 40.5. The van der Waals surface area contributed by atoms with Gasteiger partial charge in [0.15, 0.2) is 11.6 Å². The van der Waals surface area contributed by atoms with Crippen molar-refractivity contribution >= 4 is 0 Å². The average molecular weight is 407 g/mol. The third-order valence-corrected chi connectivity index (χ3v) is 6.64. The van der Waals surface area contributed by atoms with Crippen LogP contribution in [0.2, 0.25) is 0 Å². The fourth-order valence-corrected chi connectivity index (χ4v) is 4.81. The Morgan fingerprint density at radius 1 is 1.00 bits per heavy atom. The van der Waals surface area contributed by atoms with E-state index in [9.17, 15) is 8.78 Å². The number of allylic oxidation sites excluding steroid dienone is 1. The van der Waals surface area contributed by atoms with Crippen LogP contribution in [0.15, 0.2) is 24.3 Å². The van der Waals surface area contributed by atoms with E-state index in [1.54, 1.807) is 12.1 Å². The summed E-state index contributed by atoms with van der Waals surface area (Å²) in [7, 11) is 0. The summed E-state index contributed by atoms with van der Waals surface area (Å²) in [5.41, 5.74) is 0.522. The molecule has 0 amide bonds. The van der Waals surface area contributed by atoms with Crippen LogP contribution in [0.1, 0.15) is 83.1 Å². The fourth-order valence-electron chi connectivity index (χ4n) is 4.81. The summed E-state index contributed by atoms with van der Waals surface area (Å²) in [6, 6.07) is 3.34. The van der Waals surface area contributed by atoms with Gasteiger partial charge in [0.05, 0.1) is 19.3 Å². The summed E-state index contributed by atoms with van der Waals surface area (Å²) >= 11 is 0. The molecule has 3 rings (SSSR count). The number of rotatable bonds is 8.